The number of hydrogen-bond acceptors (Lipinski definition) is 7. The first-order valence-electron chi connectivity index (χ1n) is 11.0. The number of benzene rings is 2. The van der Waals surface area contributed by atoms with Gasteiger partial charge in [0.2, 0.25) is 5.91 Å². The first-order valence-corrected chi connectivity index (χ1v) is 11.0. The fourth-order valence-electron chi connectivity index (χ4n) is 3.92. The van der Waals surface area contributed by atoms with Crippen LogP contribution in [0.25, 0.3) is 0 Å². The topological polar surface area (TPSA) is 85.8 Å². The zero-order valence-corrected chi connectivity index (χ0v) is 18.9. The third-order valence-corrected chi connectivity index (χ3v) is 5.64. The van der Waals surface area contributed by atoms with Gasteiger partial charge in [-0.25, -0.2) is 9.97 Å². The van der Waals surface area contributed by atoms with E-state index in [0.29, 0.717) is 42.0 Å². The number of nitrogens with one attached hydrogen (secondary N) is 1. The molecule has 1 aliphatic rings. The molecule has 3 aromatic rings. The molecule has 1 fully saturated rings. The molecular weight excluding hydrogens is 420 g/mol. The van der Waals surface area contributed by atoms with Crippen LogP contribution in [0, 0.1) is 5.92 Å². The summed E-state index contributed by atoms with van der Waals surface area (Å²) in [6.07, 6.45) is 4.95. The van der Waals surface area contributed by atoms with Crippen molar-refractivity contribution in [2.75, 3.05) is 32.2 Å². The van der Waals surface area contributed by atoms with E-state index in [1.165, 1.54) is 0 Å². The number of nitrogens with zero attached hydrogens (tertiary/aromatic N) is 3. The van der Waals surface area contributed by atoms with Crippen LogP contribution in [0.4, 0.5) is 5.82 Å². The standard InChI is InChI=1S/C25H28N4O4/c1-31-21-11-10-18(22(15-21)32-2)16-28-24(30)19-7-6-14-29(17-19)23-25(27-13-12-26-23)33-20-8-4-3-5-9-20/h3-5,8-13,15,19H,6-7,14,16-17H2,1-2H3,(H,28,30). The summed E-state index contributed by atoms with van der Waals surface area (Å²) < 4.78 is 16.6. The molecule has 0 aliphatic carbocycles. The molecule has 0 radical (unpaired) electrons. The molecule has 172 valence electrons. The molecule has 1 unspecified atom stereocenters. The molecule has 1 aromatic heterocycles. The predicted molar refractivity (Wildman–Crippen MR) is 125 cm³/mol. The number of rotatable bonds is 8. The summed E-state index contributed by atoms with van der Waals surface area (Å²) in [5.41, 5.74) is 0.895. The number of methoxy groups -OCH3 is 2. The smallest absolute Gasteiger partial charge is 0.263 e. The van der Waals surface area contributed by atoms with E-state index in [1.807, 2.05) is 48.5 Å². The zero-order valence-electron chi connectivity index (χ0n) is 18.9. The van der Waals surface area contributed by atoms with E-state index in [0.717, 1.165) is 24.9 Å². The Morgan fingerprint density at radius 3 is 2.67 bits per heavy atom. The Balaban J connectivity index is 1.41. The number of carbonyl (C=O) groups excluding carboxylic acids is 1. The van der Waals surface area contributed by atoms with Crippen molar-refractivity contribution in [2.45, 2.75) is 19.4 Å². The third-order valence-electron chi connectivity index (χ3n) is 5.64. The lowest BCUT2D eigenvalue weighted by Crippen LogP contribution is -2.43. The Morgan fingerprint density at radius 1 is 1.06 bits per heavy atom. The molecule has 0 spiro atoms. The molecule has 1 atom stereocenters. The van der Waals surface area contributed by atoms with Gasteiger partial charge in [0.25, 0.3) is 5.88 Å². The number of anilines is 1. The maximum atomic E-state index is 13.0. The molecule has 2 heterocycles. The van der Waals surface area contributed by atoms with Crippen molar-refractivity contribution < 1.29 is 19.0 Å². The Hall–Kier alpha value is -3.81. The monoisotopic (exact) mass is 448 g/mol. The molecule has 0 bridgehead atoms. The summed E-state index contributed by atoms with van der Waals surface area (Å²) >= 11 is 0. The SMILES string of the molecule is COc1ccc(CNC(=O)C2CCCN(c3nccnc3Oc3ccccc3)C2)c(OC)c1. The maximum absolute atomic E-state index is 13.0. The van der Waals surface area contributed by atoms with Gasteiger partial charge < -0.3 is 24.4 Å². The van der Waals surface area contributed by atoms with Gasteiger partial charge in [-0.05, 0) is 37.1 Å². The molecule has 0 saturated carbocycles. The van der Waals surface area contributed by atoms with Gasteiger partial charge >= 0.3 is 0 Å². The summed E-state index contributed by atoms with van der Waals surface area (Å²) in [6.45, 7) is 1.73. The fourth-order valence-corrected chi connectivity index (χ4v) is 3.92. The molecule has 4 rings (SSSR count). The van der Waals surface area contributed by atoms with Gasteiger partial charge in [-0.15, -0.1) is 0 Å². The number of para-hydroxylation sites is 1. The van der Waals surface area contributed by atoms with Gasteiger partial charge in [0.15, 0.2) is 5.82 Å². The molecular formula is C25H28N4O4. The van der Waals surface area contributed by atoms with Gasteiger partial charge in [0, 0.05) is 43.7 Å². The Labute approximate surface area is 193 Å². The summed E-state index contributed by atoms with van der Waals surface area (Å²) in [5, 5.41) is 3.05. The van der Waals surface area contributed by atoms with E-state index in [9.17, 15) is 4.79 Å². The number of ether oxygens (including phenoxy) is 3. The van der Waals surface area contributed by atoms with E-state index in [2.05, 4.69) is 20.2 Å². The van der Waals surface area contributed by atoms with E-state index in [1.54, 1.807) is 26.6 Å². The van der Waals surface area contributed by atoms with E-state index in [-0.39, 0.29) is 11.8 Å². The van der Waals surface area contributed by atoms with Crippen LogP contribution < -0.4 is 24.4 Å². The minimum Gasteiger partial charge on any atom is -0.497 e. The molecule has 8 nitrogen and oxygen atoms in total. The average molecular weight is 449 g/mol. The van der Waals surface area contributed by atoms with Crippen LogP contribution in [-0.2, 0) is 11.3 Å². The number of carbonyl (C=O) groups is 1. The van der Waals surface area contributed by atoms with Crippen LogP contribution in [0.1, 0.15) is 18.4 Å². The lowest BCUT2D eigenvalue weighted by molar-refractivity contribution is -0.125. The highest BCUT2D eigenvalue weighted by Gasteiger charge is 2.28. The summed E-state index contributed by atoms with van der Waals surface area (Å²) in [4.78, 5) is 23.9. The maximum Gasteiger partial charge on any atom is 0.263 e. The predicted octanol–water partition coefficient (Wildman–Crippen LogP) is 3.82. The van der Waals surface area contributed by atoms with Crippen LogP contribution in [0.2, 0.25) is 0 Å². The Bertz CT molecular complexity index is 1080. The summed E-state index contributed by atoms with van der Waals surface area (Å²) in [5.74, 6) is 3.02. The van der Waals surface area contributed by atoms with Gasteiger partial charge in [-0.3, -0.25) is 4.79 Å². The largest absolute Gasteiger partial charge is 0.497 e. The molecule has 1 N–H and O–H groups in total. The van der Waals surface area contributed by atoms with Gasteiger partial charge in [-0.1, -0.05) is 18.2 Å². The molecule has 2 aromatic carbocycles. The number of amides is 1. The summed E-state index contributed by atoms with van der Waals surface area (Å²) in [7, 11) is 3.22. The first kappa shape index (κ1) is 22.4. The van der Waals surface area contributed by atoms with Crippen molar-refractivity contribution in [2.24, 2.45) is 5.92 Å². The molecule has 1 saturated heterocycles. The number of aromatic nitrogens is 2. The van der Waals surface area contributed by atoms with Gasteiger partial charge in [-0.2, -0.15) is 0 Å². The Morgan fingerprint density at radius 2 is 1.88 bits per heavy atom. The van der Waals surface area contributed by atoms with Gasteiger partial charge in [0.05, 0.1) is 20.1 Å². The lowest BCUT2D eigenvalue weighted by Gasteiger charge is -2.33. The van der Waals surface area contributed by atoms with Crippen molar-refractivity contribution in [3.63, 3.8) is 0 Å². The van der Waals surface area contributed by atoms with Crippen LogP contribution in [0.5, 0.6) is 23.1 Å². The number of hydrogen-bond donors (Lipinski definition) is 1. The highest BCUT2D eigenvalue weighted by molar-refractivity contribution is 5.79. The van der Waals surface area contributed by atoms with Crippen molar-refractivity contribution in [3.05, 3.63) is 66.5 Å². The van der Waals surface area contributed by atoms with Crippen LogP contribution in [0.3, 0.4) is 0 Å². The zero-order chi connectivity index (χ0) is 23.0. The van der Waals surface area contributed by atoms with Crippen LogP contribution in [0.15, 0.2) is 60.9 Å². The van der Waals surface area contributed by atoms with Crippen LogP contribution in [-0.4, -0.2) is 43.2 Å². The fraction of sp³-hybridized carbons (Fsp3) is 0.320. The van der Waals surface area contributed by atoms with E-state index in [4.69, 9.17) is 14.2 Å². The van der Waals surface area contributed by atoms with Crippen molar-refractivity contribution in [3.8, 4) is 23.1 Å². The van der Waals surface area contributed by atoms with Crippen molar-refractivity contribution >= 4 is 11.7 Å². The van der Waals surface area contributed by atoms with Crippen molar-refractivity contribution in [1.29, 1.82) is 0 Å². The first-order chi connectivity index (χ1) is 16.2. The van der Waals surface area contributed by atoms with E-state index >= 15 is 0 Å². The minimum atomic E-state index is -0.158. The quantitative estimate of drug-likeness (QED) is 0.561. The van der Waals surface area contributed by atoms with Crippen LogP contribution >= 0.6 is 0 Å². The highest BCUT2D eigenvalue weighted by atomic mass is 16.5. The number of piperidine rings is 1. The molecule has 33 heavy (non-hydrogen) atoms. The van der Waals surface area contributed by atoms with E-state index < -0.39 is 0 Å². The van der Waals surface area contributed by atoms with Crippen molar-refractivity contribution in [1.82, 2.24) is 15.3 Å². The molecule has 8 heteroatoms. The third kappa shape index (κ3) is 5.52. The van der Waals surface area contributed by atoms with Gasteiger partial charge in [0.1, 0.15) is 17.2 Å². The molecule has 1 aliphatic heterocycles. The highest BCUT2D eigenvalue weighted by Crippen LogP contribution is 2.31. The summed E-state index contributed by atoms with van der Waals surface area (Å²) in [6, 6.07) is 15.1. The molecule has 1 amide bonds. The normalized spacial score (nSPS) is 15.6. The lowest BCUT2D eigenvalue weighted by atomic mass is 9.97. The second-order valence-electron chi connectivity index (χ2n) is 7.78. The second kappa shape index (κ2) is 10.7. The Kier molecular flexibility index (Phi) is 7.24. The average Bonchev–Trinajstić information content (AvgIpc) is 2.88. The minimum absolute atomic E-state index is 0.00647. The second-order valence-corrected chi connectivity index (χ2v) is 7.78.